The fraction of sp³-hybridized carbons (Fsp3) is 0.571. The quantitative estimate of drug-likeness (QED) is 0.862. The summed E-state index contributed by atoms with van der Waals surface area (Å²) in [5, 5.41) is 3.02. The van der Waals surface area contributed by atoms with Gasteiger partial charge in [-0.25, -0.2) is 4.98 Å². The first-order valence-electron chi connectivity index (χ1n) is 6.77. The Bertz CT molecular complexity index is 462. The highest BCUT2D eigenvalue weighted by Crippen LogP contribution is 2.27. The molecule has 110 valence electrons. The molecule has 1 aromatic rings. The lowest BCUT2D eigenvalue weighted by Gasteiger charge is -2.27. The van der Waals surface area contributed by atoms with Gasteiger partial charge < -0.3 is 5.32 Å². The van der Waals surface area contributed by atoms with Crippen LogP contribution < -0.4 is 5.32 Å². The zero-order valence-electron chi connectivity index (χ0n) is 11.3. The number of nitrogens with one attached hydrogen (secondary N) is 1. The van der Waals surface area contributed by atoms with Gasteiger partial charge in [0.25, 0.3) is 11.7 Å². The minimum absolute atomic E-state index is 0.0872. The molecule has 0 bridgehead atoms. The van der Waals surface area contributed by atoms with Crippen LogP contribution in [0.25, 0.3) is 0 Å². The van der Waals surface area contributed by atoms with Crippen molar-refractivity contribution in [2.75, 3.05) is 0 Å². The molecule has 0 unspecified atom stereocenters. The lowest BCUT2D eigenvalue weighted by molar-refractivity contribution is 0.0919. The molecule has 1 aromatic heterocycles. The summed E-state index contributed by atoms with van der Waals surface area (Å²) >= 11 is 0.311. The number of aromatic nitrogens is 1. The van der Waals surface area contributed by atoms with E-state index in [-0.39, 0.29) is 22.5 Å². The van der Waals surface area contributed by atoms with Crippen LogP contribution in [-0.4, -0.2) is 22.7 Å². The number of nitrogens with zero attached hydrogens (tertiary/aromatic N) is 1. The fourth-order valence-electron chi connectivity index (χ4n) is 2.41. The van der Waals surface area contributed by atoms with Gasteiger partial charge in [-0.3, -0.25) is 4.79 Å². The van der Waals surface area contributed by atoms with Gasteiger partial charge in [-0.2, -0.15) is 8.78 Å². The summed E-state index contributed by atoms with van der Waals surface area (Å²) in [7, 11) is 0. The molecule has 1 amide bonds. The Hall–Kier alpha value is -1.17. The predicted octanol–water partition coefficient (Wildman–Crippen LogP) is 3.70. The minimum atomic E-state index is -2.58. The van der Waals surface area contributed by atoms with E-state index in [0.717, 1.165) is 25.7 Å². The molecular formula is C14H18F2N2OS. The number of carbonyl (C=O) groups is 1. The van der Waals surface area contributed by atoms with Crippen LogP contribution in [0.4, 0.5) is 8.78 Å². The molecule has 2 rings (SSSR count). The highest BCUT2D eigenvalue weighted by Gasteiger charge is 2.22. The summed E-state index contributed by atoms with van der Waals surface area (Å²) in [6.07, 6.45) is 5.51. The first kappa shape index (κ1) is 15.2. The van der Waals surface area contributed by atoms with Crippen LogP contribution in [0.1, 0.15) is 43.0 Å². The standard InChI is InChI=1S/C14H18F2N2OS/c1-9-4-6-10(7-5-9)18-12(19)11-3-2-8-17-13(11)20-14(15)16/h2-3,8-10,14H,4-7H2,1H3,(H,18,19). The molecule has 1 aliphatic rings. The van der Waals surface area contributed by atoms with E-state index < -0.39 is 5.76 Å². The molecule has 20 heavy (non-hydrogen) atoms. The van der Waals surface area contributed by atoms with E-state index in [1.807, 2.05) is 0 Å². The smallest absolute Gasteiger partial charge is 0.290 e. The van der Waals surface area contributed by atoms with E-state index in [9.17, 15) is 13.6 Å². The van der Waals surface area contributed by atoms with E-state index in [1.165, 1.54) is 6.20 Å². The molecule has 3 nitrogen and oxygen atoms in total. The summed E-state index contributed by atoms with van der Waals surface area (Å²) in [6, 6.07) is 3.27. The topological polar surface area (TPSA) is 42.0 Å². The van der Waals surface area contributed by atoms with E-state index in [0.29, 0.717) is 17.7 Å². The van der Waals surface area contributed by atoms with Crippen molar-refractivity contribution in [2.45, 2.75) is 49.4 Å². The van der Waals surface area contributed by atoms with Gasteiger partial charge in [0, 0.05) is 12.2 Å². The maximum atomic E-state index is 12.5. The summed E-state index contributed by atoms with van der Waals surface area (Å²) in [6.45, 7) is 2.20. The number of hydrogen-bond donors (Lipinski definition) is 1. The van der Waals surface area contributed by atoms with Crippen LogP contribution in [0.2, 0.25) is 0 Å². The van der Waals surface area contributed by atoms with E-state index in [2.05, 4.69) is 17.2 Å². The maximum Gasteiger partial charge on any atom is 0.290 e. The number of pyridine rings is 1. The highest BCUT2D eigenvalue weighted by molar-refractivity contribution is 7.99. The first-order chi connectivity index (χ1) is 9.56. The number of amides is 1. The molecule has 0 atom stereocenters. The summed E-state index contributed by atoms with van der Waals surface area (Å²) in [4.78, 5) is 16.1. The zero-order chi connectivity index (χ0) is 14.5. The number of rotatable bonds is 4. The van der Waals surface area contributed by atoms with Crippen LogP contribution in [-0.2, 0) is 0 Å². The molecule has 0 spiro atoms. The number of hydrogen-bond acceptors (Lipinski definition) is 3. The lowest BCUT2D eigenvalue weighted by atomic mass is 9.87. The molecule has 1 saturated carbocycles. The largest absolute Gasteiger partial charge is 0.349 e. The Kier molecular flexibility index (Phi) is 5.34. The van der Waals surface area contributed by atoms with Crippen molar-refractivity contribution in [3.63, 3.8) is 0 Å². The molecule has 6 heteroatoms. The molecule has 1 aliphatic carbocycles. The van der Waals surface area contributed by atoms with Crippen LogP contribution in [0.15, 0.2) is 23.4 Å². The Morgan fingerprint density at radius 3 is 2.75 bits per heavy atom. The molecule has 0 aromatic carbocycles. The van der Waals surface area contributed by atoms with Crippen molar-refractivity contribution in [3.05, 3.63) is 23.9 Å². The van der Waals surface area contributed by atoms with Gasteiger partial charge in [-0.05, 0) is 55.5 Å². The average Bonchev–Trinajstić information content (AvgIpc) is 2.41. The first-order valence-corrected chi connectivity index (χ1v) is 7.65. The molecule has 0 aliphatic heterocycles. The van der Waals surface area contributed by atoms with Gasteiger partial charge in [-0.1, -0.05) is 6.92 Å². The van der Waals surface area contributed by atoms with Crippen molar-refractivity contribution in [1.29, 1.82) is 0 Å². The predicted molar refractivity (Wildman–Crippen MR) is 75.0 cm³/mol. The second kappa shape index (κ2) is 7.02. The molecule has 1 N–H and O–H groups in total. The average molecular weight is 300 g/mol. The Balaban J connectivity index is 2.01. The summed E-state index contributed by atoms with van der Waals surface area (Å²) in [5.41, 5.74) is 0.233. The van der Waals surface area contributed by atoms with E-state index >= 15 is 0 Å². The summed E-state index contributed by atoms with van der Waals surface area (Å²) < 4.78 is 24.9. The molecule has 0 saturated heterocycles. The second-order valence-corrected chi connectivity index (χ2v) is 6.14. The summed E-state index contributed by atoms with van der Waals surface area (Å²) in [5.74, 6) is -2.18. The third-order valence-corrected chi connectivity index (χ3v) is 4.29. The maximum absolute atomic E-state index is 12.5. The van der Waals surface area contributed by atoms with E-state index in [4.69, 9.17) is 0 Å². The van der Waals surface area contributed by atoms with Gasteiger partial charge in [0.05, 0.1) is 5.56 Å². The number of alkyl halides is 2. The van der Waals surface area contributed by atoms with Gasteiger partial charge in [-0.15, -0.1) is 0 Å². The van der Waals surface area contributed by atoms with Crippen LogP contribution >= 0.6 is 11.8 Å². The van der Waals surface area contributed by atoms with Crippen molar-refractivity contribution < 1.29 is 13.6 Å². The van der Waals surface area contributed by atoms with Gasteiger partial charge in [0.1, 0.15) is 5.03 Å². The van der Waals surface area contributed by atoms with Crippen molar-refractivity contribution >= 4 is 17.7 Å². The third kappa shape index (κ3) is 4.16. The van der Waals surface area contributed by atoms with Gasteiger partial charge in [0.15, 0.2) is 0 Å². The number of halogens is 2. The fourth-order valence-corrected chi connectivity index (χ4v) is 2.99. The van der Waals surface area contributed by atoms with Gasteiger partial charge in [0.2, 0.25) is 0 Å². The van der Waals surface area contributed by atoms with Crippen LogP contribution in [0, 0.1) is 5.92 Å². The van der Waals surface area contributed by atoms with Crippen molar-refractivity contribution in [3.8, 4) is 0 Å². The monoisotopic (exact) mass is 300 g/mol. The lowest BCUT2D eigenvalue weighted by Crippen LogP contribution is -2.37. The molecule has 0 radical (unpaired) electrons. The molecule has 1 fully saturated rings. The van der Waals surface area contributed by atoms with Crippen LogP contribution in [0.5, 0.6) is 0 Å². The zero-order valence-corrected chi connectivity index (χ0v) is 12.1. The molecule has 1 heterocycles. The minimum Gasteiger partial charge on any atom is -0.349 e. The third-order valence-electron chi connectivity index (χ3n) is 3.57. The number of carbonyl (C=O) groups excluding carboxylic acids is 1. The van der Waals surface area contributed by atoms with Crippen LogP contribution in [0.3, 0.4) is 0 Å². The second-order valence-electron chi connectivity index (χ2n) is 5.16. The van der Waals surface area contributed by atoms with E-state index in [1.54, 1.807) is 12.1 Å². The molecular weight excluding hydrogens is 282 g/mol. The Morgan fingerprint density at radius 2 is 2.10 bits per heavy atom. The Morgan fingerprint density at radius 1 is 1.40 bits per heavy atom. The Labute approximate surface area is 121 Å². The number of thioether (sulfide) groups is 1. The van der Waals surface area contributed by atoms with Gasteiger partial charge >= 0.3 is 0 Å². The normalized spacial score (nSPS) is 22.8. The SMILES string of the molecule is CC1CCC(NC(=O)c2cccnc2SC(F)F)CC1. The van der Waals surface area contributed by atoms with Crippen molar-refractivity contribution in [1.82, 2.24) is 10.3 Å². The highest BCUT2D eigenvalue weighted by atomic mass is 32.2. The van der Waals surface area contributed by atoms with Crippen molar-refractivity contribution in [2.24, 2.45) is 5.92 Å².